The van der Waals surface area contributed by atoms with Gasteiger partial charge >= 0.3 is 0 Å². The monoisotopic (exact) mass is 202 g/mol. The van der Waals surface area contributed by atoms with Gasteiger partial charge in [0.25, 0.3) is 6.43 Å². The molecule has 14 heavy (non-hydrogen) atoms. The molecule has 0 unspecified atom stereocenters. The fourth-order valence-corrected chi connectivity index (χ4v) is 1.19. The van der Waals surface area contributed by atoms with Crippen molar-refractivity contribution in [2.75, 3.05) is 0 Å². The summed E-state index contributed by atoms with van der Waals surface area (Å²) in [5, 5.41) is 0. The topological polar surface area (TPSA) is 17.1 Å². The Hall–Kier alpha value is -1.32. The van der Waals surface area contributed by atoms with Gasteiger partial charge < -0.3 is 0 Å². The summed E-state index contributed by atoms with van der Waals surface area (Å²) >= 11 is 0. The molecule has 0 aliphatic heterocycles. The maximum Gasteiger partial charge on any atom is 0.267 e. The minimum absolute atomic E-state index is 0.0865. The first-order valence-corrected chi connectivity index (χ1v) is 4.17. The molecule has 0 amide bonds. The molecule has 1 rings (SSSR count). The summed E-state index contributed by atoms with van der Waals surface area (Å²) in [6.07, 6.45) is -2.87. The highest BCUT2D eigenvalue weighted by Gasteiger charge is 2.20. The van der Waals surface area contributed by atoms with E-state index in [2.05, 4.69) is 0 Å². The van der Waals surface area contributed by atoms with Gasteiger partial charge in [0.05, 0.1) is 5.56 Å². The molecule has 0 radical (unpaired) electrons. The third-order valence-electron chi connectivity index (χ3n) is 1.89. The molecule has 76 valence electrons. The molecular weight excluding hydrogens is 193 g/mol. The van der Waals surface area contributed by atoms with E-state index in [-0.39, 0.29) is 12.0 Å². The van der Waals surface area contributed by atoms with E-state index in [1.807, 2.05) is 0 Å². The predicted molar refractivity (Wildman–Crippen MR) is 46.0 cm³/mol. The number of carbonyl (C=O) groups is 1. The molecule has 0 spiro atoms. The van der Waals surface area contributed by atoms with Crippen molar-refractivity contribution in [1.82, 2.24) is 0 Å². The van der Waals surface area contributed by atoms with Crippen molar-refractivity contribution >= 4 is 5.78 Å². The van der Waals surface area contributed by atoms with Crippen molar-refractivity contribution in [1.29, 1.82) is 0 Å². The highest BCUT2D eigenvalue weighted by Crippen LogP contribution is 2.26. The molecule has 1 aromatic carbocycles. The molecule has 0 N–H and O–H groups in total. The number of hydrogen-bond donors (Lipinski definition) is 0. The molecule has 0 saturated heterocycles. The summed E-state index contributed by atoms with van der Waals surface area (Å²) < 4.78 is 37.8. The molecule has 4 heteroatoms. The van der Waals surface area contributed by atoms with Crippen molar-refractivity contribution in [3.05, 3.63) is 35.1 Å². The van der Waals surface area contributed by atoms with Crippen LogP contribution in [-0.4, -0.2) is 5.78 Å². The summed E-state index contributed by atoms with van der Waals surface area (Å²) in [5.74, 6) is -1.50. The smallest absolute Gasteiger partial charge is 0.267 e. The molecule has 0 fully saturated rings. The summed E-state index contributed by atoms with van der Waals surface area (Å²) in [6, 6.07) is 3.40. The van der Waals surface area contributed by atoms with Crippen LogP contribution in [0.4, 0.5) is 13.2 Å². The van der Waals surface area contributed by atoms with E-state index in [0.717, 1.165) is 6.07 Å². The molecule has 1 aromatic rings. The van der Waals surface area contributed by atoms with Crippen LogP contribution in [0.5, 0.6) is 0 Å². The normalized spacial score (nSPS) is 10.6. The Morgan fingerprint density at radius 3 is 2.57 bits per heavy atom. The average molecular weight is 202 g/mol. The molecule has 0 aromatic heterocycles. The quantitative estimate of drug-likeness (QED) is 0.687. The minimum atomic E-state index is -2.96. The third kappa shape index (κ3) is 1.95. The Bertz CT molecular complexity index is 347. The van der Waals surface area contributed by atoms with Gasteiger partial charge in [-0.1, -0.05) is 19.1 Å². The molecule has 0 heterocycles. The predicted octanol–water partition coefficient (Wildman–Crippen LogP) is 3.36. The number of hydrogen-bond acceptors (Lipinski definition) is 1. The molecule has 0 saturated carbocycles. The van der Waals surface area contributed by atoms with Crippen LogP contribution < -0.4 is 0 Å². The summed E-state index contributed by atoms with van der Waals surface area (Å²) in [5.41, 5.74) is -1.01. The summed E-state index contributed by atoms with van der Waals surface area (Å²) in [6.45, 7) is 1.54. The van der Waals surface area contributed by atoms with E-state index in [0.29, 0.717) is 0 Å². The van der Waals surface area contributed by atoms with Crippen molar-refractivity contribution in [3.63, 3.8) is 0 Å². The highest BCUT2D eigenvalue weighted by atomic mass is 19.3. The lowest BCUT2D eigenvalue weighted by molar-refractivity contribution is 0.0971. The number of benzene rings is 1. The van der Waals surface area contributed by atoms with Crippen LogP contribution in [-0.2, 0) is 0 Å². The number of Topliss-reactive ketones (excluding diaryl/α,β-unsaturated/α-hetero) is 1. The van der Waals surface area contributed by atoms with Crippen LogP contribution in [0.2, 0.25) is 0 Å². The van der Waals surface area contributed by atoms with Crippen molar-refractivity contribution < 1.29 is 18.0 Å². The van der Waals surface area contributed by atoms with E-state index >= 15 is 0 Å². The van der Waals surface area contributed by atoms with Crippen molar-refractivity contribution in [2.45, 2.75) is 19.8 Å². The second-order valence-corrected chi connectivity index (χ2v) is 2.78. The number of carbonyl (C=O) groups excluding carboxylic acids is 1. The SMILES string of the molecule is CCC(=O)c1cccc(F)c1C(F)F. The Labute approximate surface area is 79.5 Å². The largest absolute Gasteiger partial charge is 0.294 e. The van der Waals surface area contributed by atoms with E-state index in [1.165, 1.54) is 12.1 Å². The number of alkyl halides is 2. The molecule has 0 atom stereocenters. The van der Waals surface area contributed by atoms with Gasteiger partial charge in [0.2, 0.25) is 0 Å². The average Bonchev–Trinajstić information content (AvgIpc) is 2.15. The lowest BCUT2D eigenvalue weighted by Gasteiger charge is -2.07. The van der Waals surface area contributed by atoms with Gasteiger partial charge in [-0.25, -0.2) is 13.2 Å². The zero-order chi connectivity index (χ0) is 10.7. The van der Waals surface area contributed by atoms with Crippen molar-refractivity contribution in [3.8, 4) is 0 Å². The van der Waals surface area contributed by atoms with Gasteiger partial charge in [-0.2, -0.15) is 0 Å². The van der Waals surface area contributed by atoms with Gasteiger partial charge in [-0.15, -0.1) is 0 Å². The Balaban J connectivity index is 3.28. The standard InChI is InChI=1S/C10H9F3O/c1-2-8(14)6-4-3-5-7(11)9(6)10(12)13/h3-5,10H,2H2,1H3. The van der Waals surface area contributed by atoms with Crippen LogP contribution in [0.25, 0.3) is 0 Å². The lowest BCUT2D eigenvalue weighted by Crippen LogP contribution is -2.05. The number of halogens is 3. The molecule has 0 bridgehead atoms. The van der Waals surface area contributed by atoms with Gasteiger partial charge in [0.1, 0.15) is 5.82 Å². The number of ketones is 1. The molecule has 0 aliphatic carbocycles. The van der Waals surface area contributed by atoms with E-state index in [4.69, 9.17) is 0 Å². The van der Waals surface area contributed by atoms with E-state index < -0.39 is 23.6 Å². The first kappa shape index (κ1) is 10.8. The minimum Gasteiger partial charge on any atom is -0.294 e. The van der Waals surface area contributed by atoms with E-state index in [1.54, 1.807) is 6.92 Å². The summed E-state index contributed by atoms with van der Waals surface area (Å²) in [4.78, 5) is 11.2. The second-order valence-electron chi connectivity index (χ2n) is 2.78. The van der Waals surface area contributed by atoms with E-state index in [9.17, 15) is 18.0 Å². The van der Waals surface area contributed by atoms with Gasteiger partial charge in [-0.05, 0) is 6.07 Å². The zero-order valence-corrected chi connectivity index (χ0v) is 7.56. The van der Waals surface area contributed by atoms with Gasteiger partial charge in [-0.3, -0.25) is 4.79 Å². The van der Waals surface area contributed by atoms with Crippen molar-refractivity contribution in [2.24, 2.45) is 0 Å². The third-order valence-corrected chi connectivity index (χ3v) is 1.89. The molecule has 1 nitrogen and oxygen atoms in total. The zero-order valence-electron chi connectivity index (χ0n) is 7.56. The van der Waals surface area contributed by atoms with Gasteiger partial charge in [0, 0.05) is 12.0 Å². The highest BCUT2D eigenvalue weighted by molar-refractivity contribution is 5.97. The maximum absolute atomic E-state index is 13.0. The number of rotatable bonds is 3. The summed E-state index contributed by atoms with van der Waals surface area (Å²) in [7, 11) is 0. The van der Waals surface area contributed by atoms with Crippen LogP contribution in [0.15, 0.2) is 18.2 Å². The van der Waals surface area contributed by atoms with Crippen LogP contribution in [0.1, 0.15) is 35.7 Å². The second kappa shape index (κ2) is 4.26. The first-order valence-electron chi connectivity index (χ1n) is 4.17. The lowest BCUT2D eigenvalue weighted by atomic mass is 10.0. The van der Waals surface area contributed by atoms with Crippen LogP contribution >= 0.6 is 0 Å². The fraction of sp³-hybridized carbons (Fsp3) is 0.300. The Morgan fingerprint density at radius 1 is 1.43 bits per heavy atom. The van der Waals surface area contributed by atoms with Gasteiger partial charge in [0.15, 0.2) is 5.78 Å². The van der Waals surface area contributed by atoms with Crippen LogP contribution in [0.3, 0.4) is 0 Å². The molecule has 0 aliphatic rings. The Kier molecular flexibility index (Phi) is 3.28. The maximum atomic E-state index is 13.0. The first-order chi connectivity index (χ1) is 6.57. The fourth-order valence-electron chi connectivity index (χ4n) is 1.19. The Morgan fingerprint density at radius 2 is 2.07 bits per heavy atom. The molecular formula is C10H9F3O. The van der Waals surface area contributed by atoms with Crippen LogP contribution in [0, 0.1) is 5.82 Å².